The van der Waals surface area contributed by atoms with E-state index in [4.69, 9.17) is 27.0 Å². The van der Waals surface area contributed by atoms with Gasteiger partial charge in [0, 0.05) is 23.1 Å². The molecule has 0 heterocycles. The van der Waals surface area contributed by atoms with Crippen molar-refractivity contribution in [3.63, 3.8) is 0 Å². The van der Waals surface area contributed by atoms with E-state index in [1.807, 2.05) is 6.07 Å². The number of carbonyl (C=O) groups is 1. The topological polar surface area (TPSA) is 126 Å². The Morgan fingerprint density at radius 1 is 1.00 bits per heavy atom. The Kier molecular flexibility index (Phi) is 6.49. The van der Waals surface area contributed by atoms with Gasteiger partial charge < -0.3 is 16.2 Å². The summed E-state index contributed by atoms with van der Waals surface area (Å²) in [5.41, 5.74) is 13.6. The number of hydrogen-bond acceptors (Lipinski definition) is 4. The standard InChI is InChI=1S/C20H24N4O2/c1-2-3-4-8-18(25)26-17-10-9-15(20(23)24)12-16(17)13-6-5-7-14(11-13)19(21)22/h5-7,9-12H,2-4,8H2,1H3,(H3,21,22)(H3,23,24). The molecule has 0 saturated carbocycles. The highest BCUT2D eigenvalue weighted by Gasteiger charge is 2.13. The maximum absolute atomic E-state index is 12.1. The van der Waals surface area contributed by atoms with Crippen molar-refractivity contribution in [1.29, 1.82) is 10.8 Å². The molecular weight excluding hydrogens is 328 g/mol. The fourth-order valence-corrected chi connectivity index (χ4v) is 2.56. The molecule has 2 rings (SSSR count). The zero-order valence-corrected chi connectivity index (χ0v) is 14.8. The molecule has 0 amide bonds. The van der Waals surface area contributed by atoms with Crippen molar-refractivity contribution in [2.75, 3.05) is 0 Å². The Bertz CT molecular complexity index is 830. The first-order chi connectivity index (χ1) is 12.4. The van der Waals surface area contributed by atoms with Crippen LogP contribution in [-0.4, -0.2) is 17.6 Å². The summed E-state index contributed by atoms with van der Waals surface area (Å²) in [4.78, 5) is 12.1. The molecule has 0 saturated heterocycles. The van der Waals surface area contributed by atoms with Gasteiger partial charge in [-0.2, -0.15) is 0 Å². The van der Waals surface area contributed by atoms with Gasteiger partial charge in [0.05, 0.1) is 0 Å². The first-order valence-electron chi connectivity index (χ1n) is 8.56. The third-order valence-corrected chi connectivity index (χ3v) is 3.98. The zero-order valence-electron chi connectivity index (χ0n) is 14.8. The number of nitrogen functional groups attached to an aromatic ring is 2. The van der Waals surface area contributed by atoms with Gasteiger partial charge in [0.15, 0.2) is 0 Å². The average Bonchev–Trinajstić information content (AvgIpc) is 2.62. The van der Waals surface area contributed by atoms with Crippen LogP contribution in [0.3, 0.4) is 0 Å². The highest BCUT2D eigenvalue weighted by atomic mass is 16.5. The van der Waals surface area contributed by atoms with E-state index in [9.17, 15) is 4.79 Å². The Labute approximate surface area is 153 Å². The normalized spacial score (nSPS) is 10.3. The van der Waals surface area contributed by atoms with Crippen LogP contribution >= 0.6 is 0 Å². The SMILES string of the molecule is CCCCCC(=O)Oc1ccc(C(=N)N)cc1-c1cccc(C(=N)N)c1. The molecule has 0 aliphatic rings. The summed E-state index contributed by atoms with van der Waals surface area (Å²) in [6.45, 7) is 2.08. The lowest BCUT2D eigenvalue weighted by Gasteiger charge is -2.13. The highest BCUT2D eigenvalue weighted by molar-refractivity contribution is 5.98. The molecule has 0 bridgehead atoms. The molecule has 0 aliphatic carbocycles. The lowest BCUT2D eigenvalue weighted by atomic mass is 9.99. The molecule has 6 heteroatoms. The van der Waals surface area contributed by atoms with Crippen LogP contribution in [0, 0.1) is 10.8 Å². The number of rotatable bonds is 8. The van der Waals surface area contributed by atoms with Crippen LogP contribution in [0.1, 0.15) is 43.7 Å². The number of ether oxygens (including phenoxy) is 1. The number of esters is 1. The van der Waals surface area contributed by atoms with Gasteiger partial charge in [0.25, 0.3) is 0 Å². The Morgan fingerprint density at radius 3 is 2.35 bits per heavy atom. The van der Waals surface area contributed by atoms with E-state index in [1.54, 1.807) is 36.4 Å². The molecule has 136 valence electrons. The van der Waals surface area contributed by atoms with Crippen LogP contribution in [-0.2, 0) is 4.79 Å². The third kappa shape index (κ3) is 4.92. The number of hydrogen-bond donors (Lipinski definition) is 4. The second-order valence-corrected chi connectivity index (χ2v) is 6.05. The van der Waals surface area contributed by atoms with Crippen LogP contribution in [0.4, 0.5) is 0 Å². The van der Waals surface area contributed by atoms with Gasteiger partial charge >= 0.3 is 5.97 Å². The van der Waals surface area contributed by atoms with E-state index in [0.717, 1.165) is 24.8 Å². The molecule has 26 heavy (non-hydrogen) atoms. The van der Waals surface area contributed by atoms with Crippen molar-refractivity contribution in [2.24, 2.45) is 11.5 Å². The minimum atomic E-state index is -0.294. The summed E-state index contributed by atoms with van der Waals surface area (Å²) < 4.78 is 5.55. The average molecular weight is 352 g/mol. The van der Waals surface area contributed by atoms with Crippen molar-refractivity contribution in [2.45, 2.75) is 32.6 Å². The Morgan fingerprint density at radius 2 is 1.69 bits per heavy atom. The second kappa shape index (κ2) is 8.80. The predicted octanol–water partition coefficient (Wildman–Crippen LogP) is 3.41. The number of nitrogens with one attached hydrogen (secondary N) is 2. The number of carbonyl (C=O) groups excluding carboxylic acids is 1. The molecule has 0 unspecified atom stereocenters. The van der Waals surface area contributed by atoms with E-state index in [0.29, 0.717) is 28.9 Å². The quantitative estimate of drug-likeness (QED) is 0.191. The molecule has 2 aromatic rings. The predicted molar refractivity (Wildman–Crippen MR) is 104 cm³/mol. The van der Waals surface area contributed by atoms with Crippen molar-refractivity contribution < 1.29 is 9.53 Å². The summed E-state index contributed by atoms with van der Waals surface area (Å²) >= 11 is 0. The number of amidine groups is 2. The van der Waals surface area contributed by atoms with Gasteiger partial charge in [-0.1, -0.05) is 38.0 Å². The Hall–Kier alpha value is -3.15. The zero-order chi connectivity index (χ0) is 19.1. The van der Waals surface area contributed by atoms with Crippen LogP contribution < -0.4 is 16.2 Å². The van der Waals surface area contributed by atoms with Gasteiger partial charge in [-0.05, 0) is 36.2 Å². The molecule has 6 nitrogen and oxygen atoms in total. The minimum absolute atomic E-state index is 0.0484. The molecule has 0 atom stereocenters. The molecule has 0 aromatic heterocycles. The van der Waals surface area contributed by atoms with Crippen molar-refractivity contribution in [3.8, 4) is 16.9 Å². The van der Waals surface area contributed by atoms with E-state index in [2.05, 4.69) is 6.92 Å². The molecule has 0 fully saturated rings. The van der Waals surface area contributed by atoms with E-state index < -0.39 is 0 Å². The number of nitrogens with two attached hydrogens (primary N) is 2. The third-order valence-electron chi connectivity index (χ3n) is 3.98. The summed E-state index contributed by atoms with van der Waals surface area (Å²) in [6.07, 6.45) is 3.15. The smallest absolute Gasteiger partial charge is 0.311 e. The molecule has 2 aromatic carbocycles. The second-order valence-electron chi connectivity index (χ2n) is 6.05. The van der Waals surface area contributed by atoms with Gasteiger partial charge in [-0.15, -0.1) is 0 Å². The lowest BCUT2D eigenvalue weighted by Crippen LogP contribution is -2.13. The van der Waals surface area contributed by atoms with E-state index in [1.165, 1.54) is 0 Å². The fourth-order valence-electron chi connectivity index (χ4n) is 2.56. The fraction of sp³-hybridized carbons (Fsp3) is 0.250. The monoisotopic (exact) mass is 352 g/mol. The summed E-state index contributed by atoms with van der Waals surface area (Å²) in [5, 5.41) is 15.2. The maximum atomic E-state index is 12.1. The van der Waals surface area contributed by atoms with Crippen molar-refractivity contribution in [1.82, 2.24) is 0 Å². The summed E-state index contributed by atoms with van der Waals surface area (Å²) in [7, 11) is 0. The first-order valence-corrected chi connectivity index (χ1v) is 8.56. The van der Waals surface area contributed by atoms with Crippen LogP contribution in [0.25, 0.3) is 11.1 Å². The molecule has 0 spiro atoms. The Balaban J connectivity index is 2.39. The first kappa shape index (κ1) is 19.2. The van der Waals surface area contributed by atoms with Crippen molar-refractivity contribution in [3.05, 3.63) is 53.6 Å². The van der Waals surface area contributed by atoms with Crippen LogP contribution in [0.2, 0.25) is 0 Å². The summed E-state index contributed by atoms with van der Waals surface area (Å²) in [6, 6.07) is 12.1. The van der Waals surface area contributed by atoms with Gasteiger partial charge in [0.2, 0.25) is 0 Å². The maximum Gasteiger partial charge on any atom is 0.311 e. The summed E-state index contributed by atoms with van der Waals surface area (Å²) in [5.74, 6) is -0.0160. The largest absolute Gasteiger partial charge is 0.426 e. The van der Waals surface area contributed by atoms with Gasteiger partial charge in [-0.25, -0.2) is 0 Å². The van der Waals surface area contributed by atoms with Gasteiger partial charge in [0.1, 0.15) is 17.4 Å². The minimum Gasteiger partial charge on any atom is -0.426 e. The van der Waals surface area contributed by atoms with E-state index in [-0.39, 0.29) is 17.6 Å². The van der Waals surface area contributed by atoms with Crippen LogP contribution in [0.5, 0.6) is 5.75 Å². The van der Waals surface area contributed by atoms with Gasteiger partial charge in [-0.3, -0.25) is 15.6 Å². The molecule has 0 radical (unpaired) electrons. The molecule has 6 N–H and O–H groups in total. The molecular formula is C20H24N4O2. The van der Waals surface area contributed by atoms with Crippen LogP contribution in [0.15, 0.2) is 42.5 Å². The van der Waals surface area contributed by atoms with Crippen molar-refractivity contribution >= 4 is 17.6 Å². The lowest BCUT2D eigenvalue weighted by molar-refractivity contribution is -0.134. The molecule has 0 aliphatic heterocycles. The van der Waals surface area contributed by atoms with E-state index >= 15 is 0 Å². The number of unbranched alkanes of at least 4 members (excludes halogenated alkanes) is 2. The highest BCUT2D eigenvalue weighted by Crippen LogP contribution is 2.32. The number of benzene rings is 2.